The average Bonchev–Trinajstić information content (AvgIpc) is 2.46. The van der Waals surface area contributed by atoms with Crippen LogP contribution in [-0.4, -0.2) is 12.1 Å². The van der Waals surface area contributed by atoms with E-state index in [1.54, 1.807) is 13.3 Å². The highest BCUT2D eigenvalue weighted by Crippen LogP contribution is 2.28. The Bertz CT molecular complexity index is 546. The maximum Gasteiger partial charge on any atom is 0.123 e. The Morgan fingerprint density at radius 3 is 2.67 bits per heavy atom. The number of rotatable bonds is 4. The minimum atomic E-state index is -0.240. The molecule has 2 rings (SSSR count). The molecule has 0 bridgehead atoms. The van der Waals surface area contributed by atoms with Gasteiger partial charge in [-0.15, -0.1) is 0 Å². The number of ether oxygens (including phenoxy) is 1. The molecule has 3 heteroatoms. The highest BCUT2D eigenvalue weighted by atomic mass is 16.5. The van der Waals surface area contributed by atoms with E-state index in [0.717, 1.165) is 17.0 Å². The molecule has 90 valence electrons. The van der Waals surface area contributed by atoms with E-state index in [2.05, 4.69) is 11.1 Å². The Morgan fingerprint density at radius 1 is 1.22 bits per heavy atom. The summed E-state index contributed by atoms with van der Waals surface area (Å²) in [4.78, 5) is 4.26. The van der Waals surface area contributed by atoms with Gasteiger partial charge in [0.2, 0.25) is 0 Å². The number of hydrogen-bond donors (Lipinski definition) is 0. The second-order valence-corrected chi connectivity index (χ2v) is 3.95. The molecular weight excluding hydrogens is 224 g/mol. The summed E-state index contributed by atoms with van der Waals surface area (Å²) in [6.45, 7) is 0. The predicted octanol–water partition coefficient (Wildman–Crippen LogP) is 2.94. The van der Waals surface area contributed by atoms with E-state index in [4.69, 9.17) is 4.74 Å². The molecule has 0 N–H and O–H groups in total. The first-order chi connectivity index (χ1) is 8.85. The van der Waals surface area contributed by atoms with Crippen LogP contribution in [0.5, 0.6) is 5.75 Å². The zero-order chi connectivity index (χ0) is 12.8. The Morgan fingerprint density at radius 2 is 2.00 bits per heavy atom. The molecule has 1 unspecified atom stereocenters. The Kier molecular flexibility index (Phi) is 3.93. The molecule has 18 heavy (non-hydrogen) atoms. The fourth-order valence-corrected chi connectivity index (χ4v) is 1.91. The van der Waals surface area contributed by atoms with Gasteiger partial charge < -0.3 is 4.74 Å². The Hall–Kier alpha value is -2.34. The lowest BCUT2D eigenvalue weighted by Gasteiger charge is -2.13. The lowest BCUT2D eigenvalue weighted by atomic mass is 9.94. The summed E-state index contributed by atoms with van der Waals surface area (Å²) in [5.74, 6) is 0.510. The van der Waals surface area contributed by atoms with Crippen molar-refractivity contribution in [1.29, 1.82) is 5.26 Å². The van der Waals surface area contributed by atoms with E-state index in [9.17, 15) is 5.26 Å². The van der Waals surface area contributed by atoms with E-state index in [-0.39, 0.29) is 5.92 Å². The number of aromatic nitrogens is 1. The minimum absolute atomic E-state index is 0.240. The van der Waals surface area contributed by atoms with Gasteiger partial charge in [-0.25, -0.2) is 0 Å². The van der Waals surface area contributed by atoms with Crippen molar-refractivity contribution in [2.45, 2.75) is 12.3 Å². The maximum atomic E-state index is 9.33. The van der Waals surface area contributed by atoms with Crippen LogP contribution in [-0.2, 0) is 6.42 Å². The smallest absolute Gasteiger partial charge is 0.123 e. The summed E-state index contributed by atoms with van der Waals surface area (Å²) >= 11 is 0. The molecule has 0 fully saturated rings. The van der Waals surface area contributed by atoms with Gasteiger partial charge in [-0.3, -0.25) is 4.98 Å². The fraction of sp³-hybridized carbons (Fsp3) is 0.200. The molecule has 1 heterocycles. The van der Waals surface area contributed by atoms with Crippen LogP contribution in [0.3, 0.4) is 0 Å². The molecule has 0 aliphatic heterocycles. The molecule has 1 aromatic carbocycles. The van der Waals surface area contributed by atoms with Gasteiger partial charge in [0.15, 0.2) is 0 Å². The molecule has 3 nitrogen and oxygen atoms in total. The van der Waals surface area contributed by atoms with Crippen molar-refractivity contribution in [1.82, 2.24) is 4.98 Å². The molecule has 0 spiro atoms. The molecule has 2 aromatic rings. The second-order valence-electron chi connectivity index (χ2n) is 3.95. The van der Waals surface area contributed by atoms with E-state index < -0.39 is 0 Å². The predicted molar refractivity (Wildman–Crippen MR) is 69.3 cm³/mol. The third-order valence-electron chi connectivity index (χ3n) is 2.81. The van der Waals surface area contributed by atoms with Crippen LogP contribution < -0.4 is 4.74 Å². The van der Waals surface area contributed by atoms with E-state index in [1.807, 2.05) is 42.5 Å². The van der Waals surface area contributed by atoms with Gasteiger partial charge in [0.05, 0.1) is 19.1 Å². The van der Waals surface area contributed by atoms with Gasteiger partial charge >= 0.3 is 0 Å². The minimum Gasteiger partial charge on any atom is -0.496 e. The zero-order valence-electron chi connectivity index (χ0n) is 10.2. The molecule has 0 amide bonds. The van der Waals surface area contributed by atoms with Crippen molar-refractivity contribution in [2.24, 2.45) is 0 Å². The monoisotopic (exact) mass is 238 g/mol. The van der Waals surface area contributed by atoms with Crippen molar-refractivity contribution in [3.63, 3.8) is 0 Å². The van der Waals surface area contributed by atoms with Crippen molar-refractivity contribution in [2.75, 3.05) is 7.11 Å². The van der Waals surface area contributed by atoms with Crippen LogP contribution >= 0.6 is 0 Å². The number of pyridine rings is 1. The van der Waals surface area contributed by atoms with Crippen LogP contribution in [0, 0.1) is 11.3 Å². The number of nitrogens with zero attached hydrogens (tertiary/aromatic N) is 2. The Balaban J connectivity index is 2.27. The van der Waals surface area contributed by atoms with Gasteiger partial charge in [0, 0.05) is 23.9 Å². The lowest BCUT2D eigenvalue weighted by molar-refractivity contribution is 0.408. The first-order valence-corrected chi connectivity index (χ1v) is 5.77. The zero-order valence-corrected chi connectivity index (χ0v) is 10.2. The summed E-state index contributed by atoms with van der Waals surface area (Å²) in [6.07, 6.45) is 2.34. The SMILES string of the molecule is COc1ccccc1C(C#N)Cc1ccccn1. The maximum absolute atomic E-state index is 9.33. The number of benzene rings is 1. The molecule has 1 aromatic heterocycles. The number of nitriles is 1. The molecule has 0 radical (unpaired) electrons. The van der Waals surface area contributed by atoms with E-state index in [0.29, 0.717) is 6.42 Å². The van der Waals surface area contributed by atoms with Crippen molar-refractivity contribution in [3.05, 3.63) is 59.9 Å². The number of para-hydroxylation sites is 1. The second kappa shape index (κ2) is 5.83. The third-order valence-corrected chi connectivity index (χ3v) is 2.81. The summed E-state index contributed by atoms with van der Waals surface area (Å²) in [5, 5.41) is 9.33. The third kappa shape index (κ3) is 2.67. The molecular formula is C15H14N2O. The average molecular weight is 238 g/mol. The summed E-state index contributed by atoms with van der Waals surface area (Å²) in [7, 11) is 1.62. The van der Waals surface area contributed by atoms with Crippen LogP contribution in [0.1, 0.15) is 17.2 Å². The highest BCUT2D eigenvalue weighted by molar-refractivity contribution is 5.39. The van der Waals surface area contributed by atoms with Crippen molar-refractivity contribution >= 4 is 0 Å². The summed E-state index contributed by atoms with van der Waals surface area (Å²) < 4.78 is 5.29. The van der Waals surface area contributed by atoms with Crippen molar-refractivity contribution < 1.29 is 4.74 Å². The highest BCUT2D eigenvalue weighted by Gasteiger charge is 2.16. The molecule has 0 saturated carbocycles. The first kappa shape index (κ1) is 12.1. The number of hydrogen-bond acceptors (Lipinski definition) is 3. The van der Waals surface area contributed by atoms with Crippen molar-refractivity contribution in [3.8, 4) is 11.8 Å². The summed E-state index contributed by atoms with van der Waals surface area (Å²) in [5.41, 5.74) is 1.82. The van der Waals surface area contributed by atoms with Gasteiger partial charge in [0.25, 0.3) is 0 Å². The molecule has 1 atom stereocenters. The van der Waals surface area contributed by atoms with Gasteiger partial charge in [-0.05, 0) is 18.2 Å². The van der Waals surface area contributed by atoms with Gasteiger partial charge in [-0.1, -0.05) is 24.3 Å². The van der Waals surface area contributed by atoms with Crippen LogP contribution in [0.2, 0.25) is 0 Å². The van der Waals surface area contributed by atoms with Gasteiger partial charge in [0.1, 0.15) is 5.75 Å². The largest absolute Gasteiger partial charge is 0.496 e. The van der Waals surface area contributed by atoms with Crippen LogP contribution in [0.4, 0.5) is 0 Å². The summed E-state index contributed by atoms with van der Waals surface area (Å²) in [6, 6.07) is 15.7. The van der Waals surface area contributed by atoms with E-state index in [1.165, 1.54) is 0 Å². The standard InChI is InChI=1S/C15H14N2O/c1-18-15-8-3-2-7-14(15)12(11-16)10-13-6-4-5-9-17-13/h2-9,12H,10H2,1H3. The van der Waals surface area contributed by atoms with Gasteiger partial charge in [-0.2, -0.15) is 5.26 Å². The normalized spacial score (nSPS) is 11.6. The quantitative estimate of drug-likeness (QED) is 0.822. The first-order valence-electron chi connectivity index (χ1n) is 5.77. The van der Waals surface area contributed by atoms with E-state index >= 15 is 0 Å². The number of methoxy groups -OCH3 is 1. The lowest BCUT2D eigenvalue weighted by Crippen LogP contribution is -2.04. The van der Waals surface area contributed by atoms with Crippen LogP contribution in [0.15, 0.2) is 48.7 Å². The Labute approximate surface area is 107 Å². The molecule has 0 saturated heterocycles. The topological polar surface area (TPSA) is 45.9 Å². The van der Waals surface area contributed by atoms with Crippen LogP contribution in [0.25, 0.3) is 0 Å². The molecule has 0 aliphatic rings. The molecule has 0 aliphatic carbocycles. The fourth-order valence-electron chi connectivity index (χ4n) is 1.91.